The maximum atomic E-state index is 11.5. The number of hydrogen-bond acceptors (Lipinski definition) is 5. The molecule has 6 heteroatoms. The highest BCUT2D eigenvalue weighted by Gasteiger charge is 2.42. The maximum absolute atomic E-state index is 11.5. The minimum Gasteiger partial charge on any atom is -0.461 e. The summed E-state index contributed by atoms with van der Waals surface area (Å²) < 4.78 is 4.69. The van der Waals surface area contributed by atoms with Crippen molar-refractivity contribution in [2.45, 2.75) is 40.2 Å². The average molecular weight is 245 g/mol. The lowest BCUT2D eigenvalue weighted by atomic mass is 9.84. The molecule has 0 aromatic rings. The fraction of sp³-hybridized carbons (Fsp3) is 0.818. The Morgan fingerprint density at radius 2 is 1.88 bits per heavy atom. The van der Waals surface area contributed by atoms with Crippen LogP contribution in [-0.4, -0.2) is 29.3 Å². The summed E-state index contributed by atoms with van der Waals surface area (Å²) in [5.74, 6) is -1.79. The van der Waals surface area contributed by atoms with Gasteiger partial charge in [-0.3, -0.25) is 10.1 Å². The van der Waals surface area contributed by atoms with E-state index in [1.165, 1.54) is 6.92 Å². The largest absolute Gasteiger partial charge is 0.461 e. The van der Waals surface area contributed by atoms with E-state index in [9.17, 15) is 19.7 Å². The molecule has 0 rings (SSSR count). The van der Waals surface area contributed by atoms with Gasteiger partial charge in [-0.15, -0.1) is 0 Å². The Bertz CT molecular complexity index is 300. The van der Waals surface area contributed by atoms with E-state index in [1.54, 1.807) is 20.8 Å². The van der Waals surface area contributed by atoms with Crippen LogP contribution in [0.2, 0.25) is 0 Å². The van der Waals surface area contributed by atoms with E-state index < -0.39 is 22.9 Å². The van der Waals surface area contributed by atoms with Gasteiger partial charge in [0.2, 0.25) is 0 Å². The van der Waals surface area contributed by atoms with Gasteiger partial charge in [0, 0.05) is 17.3 Å². The molecule has 0 saturated carbocycles. The summed E-state index contributed by atoms with van der Waals surface area (Å²) >= 11 is 0. The van der Waals surface area contributed by atoms with Gasteiger partial charge in [-0.2, -0.15) is 0 Å². The Balaban J connectivity index is 5.02. The summed E-state index contributed by atoms with van der Waals surface area (Å²) in [4.78, 5) is 32.9. The highest BCUT2D eigenvalue weighted by atomic mass is 16.6. The van der Waals surface area contributed by atoms with Crippen LogP contribution in [-0.2, 0) is 14.3 Å². The molecule has 0 radical (unpaired) electrons. The Labute approximate surface area is 100 Å². The van der Waals surface area contributed by atoms with Crippen molar-refractivity contribution >= 4 is 11.8 Å². The number of ketones is 1. The molecule has 0 bridgehead atoms. The van der Waals surface area contributed by atoms with Gasteiger partial charge in [0.15, 0.2) is 0 Å². The van der Waals surface area contributed by atoms with E-state index in [0.29, 0.717) is 0 Å². The molecule has 0 aliphatic heterocycles. The molecule has 0 N–H and O–H groups in total. The summed E-state index contributed by atoms with van der Waals surface area (Å²) in [7, 11) is 0. The van der Waals surface area contributed by atoms with Gasteiger partial charge in [-0.1, -0.05) is 13.8 Å². The van der Waals surface area contributed by atoms with Crippen molar-refractivity contribution in [3.05, 3.63) is 10.1 Å². The zero-order valence-electron chi connectivity index (χ0n) is 10.6. The van der Waals surface area contributed by atoms with Crippen LogP contribution in [0.25, 0.3) is 0 Å². The molecule has 2 unspecified atom stereocenters. The Hall–Kier alpha value is -1.46. The summed E-state index contributed by atoms with van der Waals surface area (Å²) in [6, 6.07) is -1.46. The lowest BCUT2D eigenvalue weighted by molar-refractivity contribution is -0.521. The number of carbonyl (C=O) groups is 2. The second kappa shape index (κ2) is 6.98. The number of nitro groups is 1. The normalized spacial score (nSPS) is 14.2. The lowest BCUT2D eigenvalue weighted by Crippen LogP contribution is -2.41. The smallest absolute Gasteiger partial charge is 0.381 e. The van der Waals surface area contributed by atoms with E-state index in [-0.39, 0.29) is 24.7 Å². The number of carbonyl (C=O) groups excluding carboxylic acids is 2. The molecule has 2 atom stereocenters. The molecule has 17 heavy (non-hydrogen) atoms. The summed E-state index contributed by atoms with van der Waals surface area (Å²) in [5, 5.41) is 10.9. The summed E-state index contributed by atoms with van der Waals surface area (Å²) in [5.41, 5.74) is 0. The number of esters is 1. The lowest BCUT2D eigenvalue weighted by Gasteiger charge is -2.21. The van der Waals surface area contributed by atoms with Gasteiger partial charge in [0.25, 0.3) is 0 Å². The van der Waals surface area contributed by atoms with E-state index in [0.717, 1.165) is 0 Å². The van der Waals surface area contributed by atoms with Gasteiger partial charge in [0.1, 0.15) is 5.78 Å². The standard InChI is InChI=1S/C11H19NO5/c1-5-17-11(14)10(12(15)16)9(7(2)3)6-8(4)13/h7,9-10H,5-6H2,1-4H3. The van der Waals surface area contributed by atoms with Gasteiger partial charge >= 0.3 is 12.0 Å². The summed E-state index contributed by atoms with van der Waals surface area (Å²) in [6.07, 6.45) is 0.0160. The molecular weight excluding hydrogens is 226 g/mol. The van der Waals surface area contributed by atoms with Gasteiger partial charge in [0.05, 0.1) is 6.61 Å². The minimum absolute atomic E-state index is 0.0160. The monoisotopic (exact) mass is 245 g/mol. The van der Waals surface area contributed by atoms with Crippen LogP contribution >= 0.6 is 0 Å². The average Bonchev–Trinajstić information content (AvgIpc) is 2.15. The first-order chi connectivity index (χ1) is 7.81. The van der Waals surface area contributed by atoms with Crippen molar-refractivity contribution in [3.63, 3.8) is 0 Å². The van der Waals surface area contributed by atoms with Gasteiger partial charge in [-0.25, -0.2) is 4.79 Å². The van der Waals surface area contributed by atoms with Crippen LogP contribution < -0.4 is 0 Å². The van der Waals surface area contributed by atoms with Gasteiger partial charge in [-0.05, 0) is 19.8 Å². The SMILES string of the molecule is CCOC(=O)C(C(CC(C)=O)C(C)C)[N+](=O)[O-]. The third-order valence-corrected chi connectivity index (χ3v) is 2.54. The second-order valence-corrected chi connectivity index (χ2v) is 4.30. The van der Waals surface area contributed by atoms with Crippen LogP contribution in [0, 0.1) is 22.0 Å². The number of ether oxygens (including phenoxy) is 1. The van der Waals surface area contributed by atoms with Crippen LogP contribution in [0.4, 0.5) is 0 Å². The number of nitrogens with zero attached hydrogens (tertiary/aromatic N) is 1. The molecule has 0 fully saturated rings. The number of Topliss-reactive ketones (excluding diaryl/α,β-unsaturated/α-hetero) is 1. The highest BCUT2D eigenvalue weighted by Crippen LogP contribution is 2.23. The van der Waals surface area contributed by atoms with Crippen molar-refractivity contribution in [2.24, 2.45) is 11.8 Å². The maximum Gasteiger partial charge on any atom is 0.381 e. The van der Waals surface area contributed by atoms with E-state index in [2.05, 4.69) is 4.74 Å². The third kappa shape index (κ3) is 4.93. The van der Waals surface area contributed by atoms with Crippen LogP contribution in [0.15, 0.2) is 0 Å². The molecule has 0 amide bonds. The Morgan fingerprint density at radius 1 is 1.35 bits per heavy atom. The molecule has 6 nitrogen and oxygen atoms in total. The molecule has 0 aliphatic rings. The molecule has 0 aromatic heterocycles. The molecule has 0 aliphatic carbocycles. The highest BCUT2D eigenvalue weighted by molar-refractivity contribution is 5.79. The predicted octanol–water partition coefficient (Wildman–Crippen LogP) is 1.45. The number of hydrogen-bond donors (Lipinski definition) is 0. The molecular formula is C11H19NO5. The quantitative estimate of drug-likeness (QED) is 0.385. The van der Waals surface area contributed by atoms with Crippen molar-refractivity contribution in [1.82, 2.24) is 0 Å². The minimum atomic E-state index is -1.46. The second-order valence-electron chi connectivity index (χ2n) is 4.30. The first kappa shape index (κ1) is 15.5. The summed E-state index contributed by atoms with van der Waals surface area (Å²) in [6.45, 7) is 6.54. The zero-order valence-corrected chi connectivity index (χ0v) is 10.6. The third-order valence-electron chi connectivity index (χ3n) is 2.54. The first-order valence-corrected chi connectivity index (χ1v) is 5.60. The molecule has 98 valence electrons. The van der Waals surface area contributed by atoms with E-state index in [4.69, 9.17) is 0 Å². The molecule has 0 saturated heterocycles. The topological polar surface area (TPSA) is 86.5 Å². The van der Waals surface area contributed by atoms with Crippen molar-refractivity contribution in [3.8, 4) is 0 Å². The molecule has 0 heterocycles. The van der Waals surface area contributed by atoms with Crippen LogP contribution in [0.1, 0.15) is 34.1 Å². The molecule has 0 spiro atoms. The van der Waals surface area contributed by atoms with Crippen molar-refractivity contribution < 1.29 is 19.2 Å². The predicted molar refractivity (Wildman–Crippen MR) is 61.0 cm³/mol. The van der Waals surface area contributed by atoms with E-state index >= 15 is 0 Å². The fourth-order valence-electron chi connectivity index (χ4n) is 1.69. The number of rotatable bonds is 7. The Kier molecular flexibility index (Phi) is 6.38. The van der Waals surface area contributed by atoms with Crippen LogP contribution in [0.5, 0.6) is 0 Å². The zero-order chi connectivity index (χ0) is 13.6. The van der Waals surface area contributed by atoms with Crippen LogP contribution in [0.3, 0.4) is 0 Å². The van der Waals surface area contributed by atoms with E-state index in [1.807, 2.05) is 0 Å². The Morgan fingerprint density at radius 3 is 2.18 bits per heavy atom. The van der Waals surface area contributed by atoms with Crippen molar-refractivity contribution in [2.75, 3.05) is 6.61 Å². The first-order valence-electron chi connectivity index (χ1n) is 5.60. The fourth-order valence-corrected chi connectivity index (χ4v) is 1.69. The molecule has 0 aromatic carbocycles. The van der Waals surface area contributed by atoms with Crippen molar-refractivity contribution in [1.29, 1.82) is 0 Å². The van der Waals surface area contributed by atoms with Gasteiger partial charge < -0.3 is 9.53 Å².